The van der Waals surface area contributed by atoms with Crippen molar-refractivity contribution in [2.75, 3.05) is 11.9 Å². The van der Waals surface area contributed by atoms with Crippen LogP contribution >= 0.6 is 39.1 Å². The van der Waals surface area contributed by atoms with E-state index in [2.05, 4.69) is 26.3 Å². The Hall–Kier alpha value is -3.20. The molecule has 10 heteroatoms. The summed E-state index contributed by atoms with van der Waals surface area (Å²) in [4.78, 5) is 30.8. The Balaban J connectivity index is 1.39. The summed E-state index contributed by atoms with van der Waals surface area (Å²) in [5.74, 6) is 0.669. The highest BCUT2D eigenvalue weighted by Crippen LogP contribution is 2.34. The van der Waals surface area contributed by atoms with Gasteiger partial charge in [-0.3, -0.25) is 9.59 Å². The summed E-state index contributed by atoms with van der Waals surface area (Å²) in [5.41, 5.74) is 2.63. The normalized spacial score (nSPS) is 14.1. The molecule has 0 atom stereocenters. The second-order valence-corrected chi connectivity index (χ2v) is 11.5. The molecule has 5 rings (SSSR count). The maximum Gasteiger partial charge on any atom is 0.282 e. The van der Waals surface area contributed by atoms with Crippen LogP contribution in [0, 0.1) is 6.92 Å². The van der Waals surface area contributed by atoms with Crippen LogP contribution in [-0.4, -0.2) is 28.4 Å². The maximum absolute atomic E-state index is 13.5. The Morgan fingerprint density at radius 2 is 1.85 bits per heavy atom. The van der Waals surface area contributed by atoms with Gasteiger partial charge in [-0.05, 0) is 67.3 Å². The predicted octanol–water partition coefficient (Wildman–Crippen LogP) is 7.72. The fourth-order valence-corrected chi connectivity index (χ4v) is 5.83. The first-order valence-electron chi connectivity index (χ1n) is 13.0. The number of nitrogens with zero attached hydrogens (tertiary/aromatic N) is 3. The lowest BCUT2D eigenvalue weighted by atomic mass is 9.88. The first kappa shape index (κ1) is 28.3. The molecule has 7 nitrogen and oxygen atoms in total. The van der Waals surface area contributed by atoms with E-state index in [1.807, 2.05) is 43.3 Å². The van der Waals surface area contributed by atoms with E-state index in [0.29, 0.717) is 28.0 Å². The van der Waals surface area contributed by atoms with E-state index >= 15 is 0 Å². The number of anilines is 1. The number of ether oxygens (including phenoxy) is 1. The standard InChI is InChI=1S/C30H27BrCl2N4O3/c1-18-7-5-6-10-25(18)35-27(38)17-40-28-23(32)13-19(14-24(28)33)16-34-37-29(20-8-3-2-4-9-20)36-26-12-11-21(31)15-22(26)30(37)39/h5-7,10-16,20H,2-4,8-9,17H2,1H3,(H,35,38). The van der Waals surface area contributed by atoms with Crippen molar-refractivity contribution < 1.29 is 9.53 Å². The molecule has 1 aromatic heterocycles. The topological polar surface area (TPSA) is 85.6 Å². The van der Waals surface area contributed by atoms with Gasteiger partial charge in [0.2, 0.25) is 0 Å². The van der Waals surface area contributed by atoms with Crippen LogP contribution in [0.5, 0.6) is 5.75 Å². The van der Waals surface area contributed by atoms with Crippen molar-refractivity contribution in [1.29, 1.82) is 0 Å². The molecule has 1 N–H and O–H groups in total. The number of rotatable bonds is 7. The number of para-hydroxylation sites is 1. The van der Waals surface area contributed by atoms with E-state index in [1.54, 1.807) is 18.2 Å². The van der Waals surface area contributed by atoms with E-state index in [0.717, 1.165) is 35.7 Å². The van der Waals surface area contributed by atoms with Gasteiger partial charge in [-0.1, -0.05) is 76.6 Å². The lowest BCUT2D eigenvalue weighted by molar-refractivity contribution is -0.118. The van der Waals surface area contributed by atoms with Crippen molar-refractivity contribution in [3.05, 3.63) is 96.4 Å². The molecule has 4 aromatic rings. The first-order valence-corrected chi connectivity index (χ1v) is 14.6. The van der Waals surface area contributed by atoms with Gasteiger partial charge >= 0.3 is 0 Å². The number of aromatic nitrogens is 2. The minimum atomic E-state index is -0.336. The van der Waals surface area contributed by atoms with Crippen molar-refractivity contribution in [3.8, 4) is 5.75 Å². The molecule has 0 bridgehead atoms. The Kier molecular flexibility index (Phi) is 8.88. The molecule has 0 spiro atoms. The predicted molar refractivity (Wildman–Crippen MR) is 164 cm³/mol. The molecule has 0 unspecified atom stereocenters. The quantitative estimate of drug-likeness (QED) is 0.209. The molecule has 1 amide bonds. The average molecular weight is 642 g/mol. The van der Waals surface area contributed by atoms with Crippen molar-refractivity contribution in [1.82, 2.24) is 9.66 Å². The molecule has 1 aliphatic carbocycles. The summed E-state index contributed by atoms with van der Waals surface area (Å²) in [6.07, 6.45) is 6.84. The number of carbonyl (C=O) groups is 1. The van der Waals surface area contributed by atoms with E-state index in [1.165, 1.54) is 17.3 Å². The molecule has 1 saturated carbocycles. The summed E-state index contributed by atoms with van der Waals surface area (Å²) in [5, 5.41) is 8.28. The van der Waals surface area contributed by atoms with E-state index < -0.39 is 0 Å². The summed E-state index contributed by atoms with van der Waals surface area (Å²) >= 11 is 16.4. The number of hydrogen-bond acceptors (Lipinski definition) is 5. The van der Waals surface area contributed by atoms with Crippen LogP contribution in [0.4, 0.5) is 5.69 Å². The molecule has 1 heterocycles. The fraction of sp³-hybridized carbons (Fsp3) is 0.267. The molecule has 0 aliphatic heterocycles. The number of hydrogen-bond donors (Lipinski definition) is 1. The largest absolute Gasteiger partial charge is 0.481 e. The third kappa shape index (κ3) is 6.40. The number of carbonyl (C=O) groups excluding carboxylic acids is 1. The highest BCUT2D eigenvalue weighted by molar-refractivity contribution is 9.10. The summed E-state index contributed by atoms with van der Waals surface area (Å²) in [7, 11) is 0. The average Bonchev–Trinajstić information content (AvgIpc) is 2.94. The Bertz CT molecular complexity index is 1640. The van der Waals surface area contributed by atoms with Crippen molar-refractivity contribution in [2.24, 2.45) is 5.10 Å². The zero-order chi connectivity index (χ0) is 28.2. The van der Waals surface area contributed by atoms with Crippen LogP contribution in [0.3, 0.4) is 0 Å². The zero-order valence-electron chi connectivity index (χ0n) is 21.8. The number of amides is 1. The van der Waals surface area contributed by atoms with Gasteiger partial charge in [0, 0.05) is 16.1 Å². The highest BCUT2D eigenvalue weighted by atomic mass is 79.9. The molecule has 1 fully saturated rings. The van der Waals surface area contributed by atoms with Crippen LogP contribution in [0.2, 0.25) is 10.0 Å². The molecule has 40 heavy (non-hydrogen) atoms. The lowest BCUT2D eigenvalue weighted by Crippen LogP contribution is -2.25. The molecule has 206 valence electrons. The fourth-order valence-electron chi connectivity index (χ4n) is 4.86. The number of halogens is 3. The first-order chi connectivity index (χ1) is 19.3. The minimum Gasteiger partial charge on any atom is -0.481 e. The van der Waals surface area contributed by atoms with E-state index in [4.69, 9.17) is 32.9 Å². The van der Waals surface area contributed by atoms with Crippen LogP contribution < -0.4 is 15.6 Å². The molecular weight excluding hydrogens is 615 g/mol. The molecule has 0 radical (unpaired) electrons. The van der Waals surface area contributed by atoms with Crippen molar-refractivity contribution in [3.63, 3.8) is 0 Å². The summed E-state index contributed by atoms with van der Waals surface area (Å²) in [6.45, 7) is 1.64. The molecule has 1 aliphatic rings. The number of fused-ring (bicyclic) bond motifs is 1. The summed E-state index contributed by atoms with van der Waals surface area (Å²) < 4.78 is 7.83. The number of nitrogens with one attached hydrogen (secondary N) is 1. The van der Waals surface area contributed by atoms with Crippen molar-refractivity contribution >= 4 is 67.8 Å². The monoisotopic (exact) mass is 640 g/mol. The van der Waals surface area contributed by atoms with Gasteiger partial charge in [0.1, 0.15) is 5.82 Å². The number of aryl methyl sites for hydroxylation is 1. The molecule has 3 aromatic carbocycles. The lowest BCUT2D eigenvalue weighted by Gasteiger charge is -2.22. The number of benzene rings is 3. The van der Waals surface area contributed by atoms with Crippen LogP contribution in [0.1, 0.15) is 55.0 Å². The molecule has 0 saturated heterocycles. The highest BCUT2D eigenvalue weighted by Gasteiger charge is 2.22. The third-order valence-corrected chi connectivity index (χ3v) is 7.97. The molecular formula is C30H27BrCl2N4O3. The maximum atomic E-state index is 13.5. The van der Waals surface area contributed by atoms with E-state index in [-0.39, 0.29) is 39.8 Å². The van der Waals surface area contributed by atoms with Gasteiger partial charge in [-0.15, -0.1) is 0 Å². The van der Waals surface area contributed by atoms with Crippen LogP contribution in [0.25, 0.3) is 10.9 Å². The SMILES string of the molecule is Cc1ccccc1NC(=O)COc1c(Cl)cc(C=Nn2c(C3CCCCC3)nc3ccc(Br)cc3c2=O)cc1Cl. The van der Waals surface area contributed by atoms with Crippen molar-refractivity contribution in [2.45, 2.75) is 44.9 Å². The second kappa shape index (κ2) is 12.5. The van der Waals surface area contributed by atoms with E-state index in [9.17, 15) is 9.59 Å². The minimum absolute atomic E-state index is 0.153. The van der Waals surface area contributed by atoms with Gasteiger partial charge in [-0.25, -0.2) is 4.98 Å². The summed E-state index contributed by atoms with van der Waals surface area (Å²) in [6, 6.07) is 16.2. The zero-order valence-corrected chi connectivity index (χ0v) is 24.9. The second-order valence-electron chi connectivity index (χ2n) is 9.79. The van der Waals surface area contributed by atoms with Gasteiger partial charge in [-0.2, -0.15) is 9.78 Å². The Morgan fingerprint density at radius 1 is 1.12 bits per heavy atom. The van der Waals surface area contributed by atoms with Gasteiger partial charge < -0.3 is 10.1 Å². The van der Waals surface area contributed by atoms with Gasteiger partial charge in [0.25, 0.3) is 11.5 Å². The third-order valence-electron chi connectivity index (χ3n) is 6.91. The Morgan fingerprint density at radius 3 is 2.58 bits per heavy atom. The van der Waals surface area contributed by atoms with Crippen LogP contribution in [0.15, 0.2) is 69.0 Å². The van der Waals surface area contributed by atoms with Gasteiger partial charge in [0.05, 0.1) is 27.2 Å². The van der Waals surface area contributed by atoms with Gasteiger partial charge in [0.15, 0.2) is 12.4 Å². The smallest absolute Gasteiger partial charge is 0.282 e. The van der Waals surface area contributed by atoms with Crippen LogP contribution in [-0.2, 0) is 4.79 Å². The Labute approximate surface area is 250 Å².